The van der Waals surface area contributed by atoms with Gasteiger partial charge >= 0.3 is 12.2 Å². The maximum Gasteiger partial charge on any atom is 0.417 e. The lowest BCUT2D eigenvalue weighted by atomic mass is 10.0. The average Bonchev–Trinajstić information content (AvgIpc) is 3.19. The number of anilines is 1. The third-order valence-corrected chi connectivity index (χ3v) is 5.10. The first-order valence-corrected chi connectivity index (χ1v) is 9.29. The lowest BCUT2D eigenvalue weighted by molar-refractivity contribution is -0.302. The molecular formula is C20H21F3N3O4-. The molecule has 1 heterocycles. The minimum atomic E-state index is -4.76. The molecule has 1 saturated carbocycles. The number of imide groups is 1. The van der Waals surface area contributed by atoms with Crippen molar-refractivity contribution in [1.29, 1.82) is 5.26 Å². The van der Waals surface area contributed by atoms with Crippen LogP contribution >= 0.6 is 0 Å². The summed E-state index contributed by atoms with van der Waals surface area (Å²) in [5.74, 6) is -1.65. The van der Waals surface area contributed by atoms with Crippen LogP contribution in [0.15, 0.2) is 18.2 Å². The van der Waals surface area contributed by atoms with Crippen LogP contribution in [0.1, 0.15) is 57.6 Å². The summed E-state index contributed by atoms with van der Waals surface area (Å²) in [4.78, 5) is 36.9. The van der Waals surface area contributed by atoms with Crippen molar-refractivity contribution in [3.05, 3.63) is 29.3 Å². The number of aliphatic carboxylic acids is 1. The highest BCUT2D eigenvalue weighted by Gasteiger charge is 2.54. The Hall–Kier alpha value is -3.09. The molecule has 1 saturated heterocycles. The quantitative estimate of drug-likeness (QED) is 0.679. The molecule has 0 radical (unpaired) electrons. The van der Waals surface area contributed by atoms with Crippen LogP contribution in [0.5, 0.6) is 0 Å². The molecule has 0 unspecified atom stereocenters. The topological polar surface area (TPSA) is 105 Å². The molecule has 2 fully saturated rings. The Bertz CT molecular complexity index is 896. The van der Waals surface area contributed by atoms with Crippen LogP contribution in [0.25, 0.3) is 0 Å². The molecule has 0 N–H and O–H groups in total. The van der Waals surface area contributed by atoms with E-state index in [9.17, 15) is 22.8 Å². The molecule has 2 aliphatic rings. The maximum atomic E-state index is 13.2. The summed E-state index contributed by atoms with van der Waals surface area (Å²) in [6, 6.07) is 3.69. The first kappa shape index (κ1) is 23.2. The van der Waals surface area contributed by atoms with Gasteiger partial charge in [0.2, 0.25) is 0 Å². The van der Waals surface area contributed by atoms with Gasteiger partial charge in [0.15, 0.2) is 0 Å². The molecule has 162 valence electrons. The number of alkyl halides is 3. The minimum Gasteiger partial charge on any atom is -0.550 e. The first-order valence-electron chi connectivity index (χ1n) is 9.29. The predicted octanol–water partition coefficient (Wildman–Crippen LogP) is 2.82. The van der Waals surface area contributed by atoms with Crippen molar-refractivity contribution in [2.24, 2.45) is 0 Å². The van der Waals surface area contributed by atoms with Gasteiger partial charge in [0.25, 0.3) is 5.91 Å². The van der Waals surface area contributed by atoms with E-state index in [1.807, 2.05) is 0 Å². The largest absolute Gasteiger partial charge is 0.550 e. The fourth-order valence-corrected chi connectivity index (χ4v) is 3.82. The highest BCUT2D eigenvalue weighted by molar-refractivity contribution is 6.23. The fourth-order valence-electron chi connectivity index (χ4n) is 3.82. The number of nitrogens with zero attached hydrogens (tertiary/aromatic N) is 3. The smallest absolute Gasteiger partial charge is 0.417 e. The average molecular weight is 424 g/mol. The van der Waals surface area contributed by atoms with Gasteiger partial charge in [0.1, 0.15) is 5.54 Å². The number of halogens is 3. The number of carbonyl (C=O) groups is 3. The summed E-state index contributed by atoms with van der Waals surface area (Å²) in [5, 5.41) is 17.8. The standard InChI is InChI=1S/C18H18F3N3O2.C2H4O2/c1-17(2)15(25)23(16(26)24(17)12-5-3-4-6-12)13-8-7-11(10-22)14(9-13)18(19,20)21;1-2(3)4/h7-9,12H,3-6H2,1-2H3;1H3,(H,3,4)/p-1. The van der Waals surface area contributed by atoms with Gasteiger partial charge in [-0.3, -0.25) is 4.79 Å². The summed E-state index contributed by atoms with van der Waals surface area (Å²) in [6.45, 7) is 4.19. The van der Waals surface area contributed by atoms with E-state index in [1.54, 1.807) is 13.8 Å². The van der Waals surface area contributed by atoms with Crippen LogP contribution in [-0.2, 0) is 15.8 Å². The Morgan fingerprint density at radius 1 is 1.23 bits per heavy atom. The van der Waals surface area contributed by atoms with Gasteiger partial charge in [0, 0.05) is 12.0 Å². The van der Waals surface area contributed by atoms with Crippen molar-refractivity contribution in [2.75, 3.05) is 4.90 Å². The molecule has 1 aliphatic carbocycles. The Morgan fingerprint density at radius 2 is 1.77 bits per heavy atom. The monoisotopic (exact) mass is 424 g/mol. The Balaban J connectivity index is 0.000000735. The van der Waals surface area contributed by atoms with E-state index in [2.05, 4.69) is 0 Å². The molecule has 1 aliphatic heterocycles. The normalized spacial score (nSPS) is 18.8. The second-order valence-corrected chi connectivity index (χ2v) is 7.62. The lowest BCUT2D eigenvalue weighted by Crippen LogP contribution is -2.49. The highest BCUT2D eigenvalue weighted by Crippen LogP contribution is 2.40. The van der Waals surface area contributed by atoms with Crippen LogP contribution in [-0.4, -0.2) is 34.4 Å². The lowest BCUT2D eigenvalue weighted by Gasteiger charge is -2.33. The van der Waals surface area contributed by atoms with Crippen molar-refractivity contribution in [3.63, 3.8) is 0 Å². The van der Waals surface area contributed by atoms with Crippen molar-refractivity contribution in [1.82, 2.24) is 4.90 Å². The third-order valence-electron chi connectivity index (χ3n) is 5.10. The molecule has 1 aromatic carbocycles. The molecule has 3 rings (SSSR count). The predicted molar refractivity (Wildman–Crippen MR) is 97.9 cm³/mol. The number of hydrogen-bond donors (Lipinski definition) is 0. The number of nitriles is 1. The van der Waals surface area contributed by atoms with Crippen LogP contribution < -0.4 is 10.0 Å². The molecule has 7 nitrogen and oxygen atoms in total. The van der Waals surface area contributed by atoms with Crippen molar-refractivity contribution in [2.45, 2.75) is 64.2 Å². The summed E-state index contributed by atoms with van der Waals surface area (Å²) in [7, 11) is 0. The number of rotatable bonds is 2. The molecule has 1 aromatic rings. The second kappa shape index (κ2) is 8.34. The minimum absolute atomic E-state index is 0.0908. The summed E-state index contributed by atoms with van der Waals surface area (Å²) in [6.07, 6.45) is -1.30. The second-order valence-electron chi connectivity index (χ2n) is 7.62. The van der Waals surface area contributed by atoms with E-state index in [1.165, 1.54) is 17.0 Å². The fraction of sp³-hybridized carbons (Fsp3) is 0.500. The molecule has 3 amide bonds. The van der Waals surface area contributed by atoms with Crippen molar-refractivity contribution in [3.8, 4) is 6.07 Å². The number of amides is 3. The Labute approximate surface area is 171 Å². The highest BCUT2D eigenvalue weighted by atomic mass is 19.4. The first-order chi connectivity index (χ1) is 13.8. The molecule has 0 spiro atoms. The summed E-state index contributed by atoms with van der Waals surface area (Å²) < 4.78 is 39.7. The van der Waals surface area contributed by atoms with E-state index in [0.717, 1.165) is 43.6 Å². The van der Waals surface area contributed by atoms with Crippen molar-refractivity contribution >= 4 is 23.6 Å². The van der Waals surface area contributed by atoms with Gasteiger partial charge in [0.05, 0.1) is 22.9 Å². The van der Waals surface area contributed by atoms with Gasteiger partial charge in [-0.15, -0.1) is 0 Å². The maximum absolute atomic E-state index is 13.2. The van der Waals surface area contributed by atoms with E-state index in [0.29, 0.717) is 6.07 Å². The van der Waals surface area contributed by atoms with Crippen molar-refractivity contribution < 1.29 is 32.7 Å². The number of carbonyl (C=O) groups excluding carboxylic acids is 3. The molecule has 0 aromatic heterocycles. The number of hydrogen-bond acceptors (Lipinski definition) is 5. The van der Waals surface area contributed by atoms with E-state index in [4.69, 9.17) is 15.2 Å². The molecule has 0 bridgehead atoms. The number of carboxylic acid groups (broad SMARTS) is 1. The van der Waals surface area contributed by atoms with E-state index < -0.39 is 40.7 Å². The van der Waals surface area contributed by atoms with Crippen LogP contribution in [0.3, 0.4) is 0 Å². The molecule has 0 atom stereocenters. The Kier molecular flexibility index (Phi) is 6.45. The number of urea groups is 1. The van der Waals surface area contributed by atoms with E-state index >= 15 is 0 Å². The Morgan fingerprint density at radius 3 is 2.23 bits per heavy atom. The molecular weight excluding hydrogens is 403 g/mol. The summed E-state index contributed by atoms with van der Waals surface area (Å²) in [5.41, 5.74) is -3.00. The summed E-state index contributed by atoms with van der Waals surface area (Å²) >= 11 is 0. The molecule has 10 heteroatoms. The SMILES string of the molecule is CC(=O)[O-].CC1(C)C(=O)N(c2ccc(C#N)c(C(F)(F)F)c2)C(=O)N1C1CCCC1. The zero-order valence-corrected chi connectivity index (χ0v) is 16.7. The van der Waals surface area contributed by atoms with Gasteiger partial charge < -0.3 is 14.8 Å². The van der Waals surface area contributed by atoms with Gasteiger partial charge in [-0.1, -0.05) is 12.8 Å². The molecule has 30 heavy (non-hydrogen) atoms. The van der Waals surface area contributed by atoms with Gasteiger partial charge in [-0.05, 0) is 51.8 Å². The number of benzene rings is 1. The van der Waals surface area contributed by atoms with Crippen LogP contribution in [0.2, 0.25) is 0 Å². The van der Waals surface area contributed by atoms with Gasteiger partial charge in [-0.25, -0.2) is 9.69 Å². The third kappa shape index (κ3) is 4.40. The number of carboxylic acids is 1. The van der Waals surface area contributed by atoms with Gasteiger partial charge in [-0.2, -0.15) is 18.4 Å². The van der Waals surface area contributed by atoms with Crippen LogP contribution in [0, 0.1) is 11.3 Å². The zero-order chi connectivity index (χ0) is 22.9. The van der Waals surface area contributed by atoms with E-state index in [-0.39, 0.29) is 11.7 Å². The van der Waals surface area contributed by atoms with Crippen LogP contribution in [0.4, 0.5) is 23.7 Å². The zero-order valence-electron chi connectivity index (χ0n) is 16.7.